The quantitative estimate of drug-likeness (QED) is 0.620. The molecule has 1 fully saturated rings. The summed E-state index contributed by atoms with van der Waals surface area (Å²) in [7, 11) is 2.02. The first-order chi connectivity index (χ1) is 14.4. The van der Waals surface area contributed by atoms with Gasteiger partial charge in [-0.05, 0) is 52.4 Å². The summed E-state index contributed by atoms with van der Waals surface area (Å²) in [6, 6.07) is 5.78. The second-order valence-corrected chi connectivity index (χ2v) is 9.01. The molecule has 4 N–H and O–H groups in total. The van der Waals surface area contributed by atoms with Crippen LogP contribution in [0.3, 0.4) is 0 Å². The summed E-state index contributed by atoms with van der Waals surface area (Å²) in [4.78, 5) is 41.2. The van der Waals surface area contributed by atoms with Crippen molar-refractivity contribution >= 4 is 23.6 Å². The average Bonchev–Trinajstić information content (AvgIpc) is 2.67. The van der Waals surface area contributed by atoms with Crippen LogP contribution in [0, 0.1) is 0 Å². The number of piperazine rings is 1. The van der Waals surface area contributed by atoms with E-state index in [1.807, 2.05) is 19.2 Å². The van der Waals surface area contributed by atoms with Crippen molar-refractivity contribution in [2.75, 3.05) is 38.5 Å². The minimum atomic E-state index is -0.747. The normalized spacial score (nSPS) is 16.9. The molecule has 0 saturated carbocycles. The smallest absolute Gasteiger partial charge is 0.408 e. The molecule has 3 amide bonds. The molecular formula is C22H35N5O4. The van der Waals surface area contributed by atoms with Crippen LogP contribution < -0.4 is 16.4 Å². The zero-order valence-corrected chi connectivity index (χ0v) is 19.1. The Morgan fingerprint density at radius 1 is 1.10 bits per heavy atom. The van der Waals surface area contributed by atoms with Crippen LogP contribution in [0.4, 0.5) is 10.5 Å². The van der Waals surface area contributed by atoms with Crippen LogP contribution in [0.25, 0.3) is 0 Å². The van der Waals surface area contributed by atoms with Gasteiger partial charge in [0, 0.05) is 38.3 Å². The number of carbonyl (C=O) groups is 3. The highest BCUT2D eigenvalue weighted by Gasteiger charge is 2.29. The van der Waals surface area contributed by atoms with Crippen LogP contribution >= 0.6 is 0 Å². The summed E-state index contributed by atoms with van der Waals surface area (Å²) < 4.78 is 5.36. The number of benzene rings is 1. The molecule has 172 valence electrons. The fourth-order valence-electron chi connectivity index (χ4n) is 3.11. The summed E-state index contributed by atoms with van der Waals surface area (Å²) in [5.74, 6) is -0.407. The fraction of sp³-hybridized carbons (Fsp3) is 0.591. The molecule has 0 unspecified atom stereocenters. The van der Waals surface area contributed by atoms with Crippen molar-refractivity contribution in [1.29, 1.82) is 0 Å². The van der Waals surface area contributed by atoms with Crippen LogP contribution in [-0.2, 0) is 20.7 Å². The van der Waals surface area contributed by atoms with Gasteiger partial charge in [-0.1, -0.05) is 12.1 Å². The second-order valence-electron chi connectivity index (χ2n) is 9.01. The molecule has 1 aromatic carbocycles. The molecule has 0 bridgehead atoms. The molecule has 0 spiro atoms. The van der Waals surface area contributed by atoms with Crippen LogP contribution in [0.15, 0.2) is 24.3 Å². The molecule has 2 rings (SSSR count). The third-order valence-electron chi connectivity index (χ3n) is 4.88. The van der Waals surface area contributed by atoms with E-state index in [2.05, 4.69) is 15.5 Å². The molecule has 0 aliphatic carbocycles. The molecule has 0 radical (unpaired) electrons. The van der Waals surface area contributed by atoms with Crippen molar-refractivity contribution in [2.45, 2.75) is 51.8 Å². The van der Waals surface area contributed by atoms with Crippen molar-refractivity contribution in [3.05, 3.63) is 29.8 Å². The molecule has 1 saturated heterocycles. The molecule has 1 aliphatic heterocycles. The van der Waals surface area contributed by atoms with Crippen molar-refractivity contribution in [1.82, 2.24) is 15.1 Å². The van der Waals surface area contributed by atoms with Crippen molar-refractivity contribution in [2.24, 2.45) is 5.73 Å². The Morgan fingerprint density at radius 3 is 2.19 bits per heavy atom. The van der Waals surface area contributed by atoms with E-state index < -0.39 is 23.8 Å². The van der Waals surface area contributed by atoms with E-state index in [9.17, 15) is 14.4 Å². The number of anilines is 1. The Bertz CT molecular complexity index is 765. The molecule has 9 nitrogen and oxygen atoms in total. The van der Waals surface area contributed by atoms with Crippen molar-refractivity contribution in [3.63, 3.8) is 0 Å². The Balaban J connectivity index is 2.11. The molecule has 2 atom stereocenters. The van der Waals surface area contributed by atoms with E-state index in [0.29, 0.717) is 25.2 Å². The Labute approximate surface area is 184 Å². The van der Waals surface area contributed by atoms with Gasteiger partial charge in [-0.3, -0.25) is 9.59 Å². The van der Waals surface area contributed by atoms with Gasteiger partial charge in [0.25, 0.3) is 0 Å². The summed E-state index contributed by atoms with van der Waals surface area (Å²) in [6.07, 6.45) is -0.313. The Hall–Kier alpha value is -2.65. The number of rotatable bonds is 6. The molecule has 1 aliphatic rings. The van der Waals surface area contributed by atoms with Crippen molar-refractivity contribution in [3.8, 4) is 0 Å². The standard InChI is InChI=1S/C22H35N5O4/c1-15(23)19(28)24-17-8-6-16(7-9-17)14-18(25-21(30)31-22(2,3)4)20(29)27-12-10-26(5)11-13-27/h6-9,15,18H,10-14,23H2,1-5H3,(H,24,28)(H,25,30)/t15-,18+/m0/s1. The first-order valence-electron chi connectivity index (χ1n) is 10.6. The van der Waals surface area contributed by atoms with E-state index in [4.69, 9.17) is 10.5 Å². The minimum Gasteiger partial charge on any atom is -0.444 e. The average molecular weight is 434 g/mol. The summed E-state index contributed by atoms with van der Waals surface area (Å²) in [6.45, 7) is 9.75. The van der Waals surface area contributed by atoms with Crippen LogP contribution in [0.1, 0.15) is 33.3 Å². The SMILES string of the molecule is C[C@H](N)C(=O)Nc1ccc(C[C@@H](NC(=O)OC(C)(C)C)C(=O)N2CCN(C)CC2)cc1. The highest BCUT2D eigenvalue weighted by molar-refractivity contribution is 5.94. The maximum Gasteiger partial charge on any atom is 0.408 e. The van der Waals surface area contributed by atoms with Crippen LogP contribution in [-0.4, -0.2) is 78.6 Å². The van der Waals surface area contributed by atoms with Gasteiger partial charge < -0.3 is 30.9 Å². The molecule has 1 heterocycles. The number of hydrogen-bond acceptors (Lipinski definition) is 6. The number of carbonyl (C=O) groups excluding carboxylic acids is 3. The molecule has 9 heteroatoms. The number of ether oxygens (including phenoxy) is 1. The zero-order chi connectivity index (χ0) is 23.2. The summed E-state index contributed by atoms with van der Waals surface area (Å²) in [5, 5.41) is 5.46. The van der Waals surface area contributed by atoms with Gasteiger partial charge in [-0.2, -0.15) is 0 Å². The van der Waals surface area contributed by atoms with E-state index in [1.54, 1.807) is 44.7 Å². The lowest BCUT2D eigenvalue weighted by Crippen LogP contribution is -2.55. The van der Waals surface area contributed by atoms with Gasteiger partial charge in [0.2, 0.25) is 11.8 Å². The van der Waals surface area contributed by atoms with Crippen LogP contribution in [0.2, 0.25) is 0 Å². The number of likely N-dealkylation sites (N-methyl/N-ethyl adjacent to an activating group) is 1. The number of amides is 3. The lowest BCUT2D eigenvalue weighted by Gasteiger charge is -2.35. The van der Waals surface area contributed by atoms with Gasteiger partial charge in [0.15, 0.2) is 0 Å². The van der Waals surface area contributed by atoms with Crippen LogP contribution in [0.5, 0.6) is 0 Å². The predicted octanol–water partition coefficient (Wildman–Crippen LogP) is 1.18. The van der Waals surface area contributed by atoms with Gasteiger partial charge in [0.1, 0.15) is 11.6 Å². The largest absolute Gasteiger partial charge is 0.444 e. The van der Waals surface area contributed by atoms with Gasteiger partial charge >= 0.3 is 6.09 Å². The molecular weight excluding hydrogens is 398 g/mol. The number of alkyl carbamates (subject to hydrolysis) is 1. The highest BCUT2D eigenvalue weighted by atomic mass is 16.6. The Kier molecular flexibility index (Phi) is 8.41. The topological polar surface area (TPSA) is 117 Å². The van der Waals surface area contributed by atoms with Crippen molar-refractivity contribution < 1.29 is 19.1 Å². The molecule has 0 aromatic heterocycles. The lowest BCUT2D eigenvalue weighted by molar-refractivity contribution is -0.135. The zero-order valence-electron chi connectivity index (χ0n) is 19.1. The monoisotopic (exact) mass is 433 g/mol. The maximum absolute atomic E-state index is 13.2. The van der Waals surface area contributed by atoms with E-state index in [1.165, 1.54) is 0 Å². The Morgan fingerprint density at radius 2 is 1.68 bits per heavy atom. The van der Waals surface area contributed by atoms with E-state index in [-0.39, 0.29) is 11.8 Å². The van der Waals surface area contributed by atoms with Gasteiger partial charge in [-0.15, -0.1) is 0 Å². The maximum atomic E-state index is 13.2. The first-order valence-corrected chi connectivity index (χ1v) is 10.6. The predicted molar refractivity (Wildman–Crippen MR) is 120 cm³/mol. The first kappa shape index (κ1) is 24.6. The minimum absolute atomic E-state index is 0.131. The van der Waals surface area contributed by atoms with E-state index in [0.717, 1.165) is 18.7 Å². The van der Waals surface area contributed by atoms with Gasteiger partial charge in [0.05, 0.1) is 6.04 Å². The highest BCUT2D eigenvalue weighted by Crippen LogP contribution is 2.14. The van der Waals surface area contributed by atoms with E-state index >= 15 is 0 Å². The summed E-state index contributed by atoms with van der Waals surface area (Å²) >= 11 is 0. The van der Waals surface area contributed by atoms with Gasteiger partial charge in [-0.25, -0.2) is 4.79 Å². The number of nitrogens with two attached hydrogens (primary N) is 1. The fourth-order valence-corrected chi connectivity index (χ4v) is 3.11. The summed E-state index contributed by atoms with van der Waals surface area (Å²) in [5.41, 5.74) is 6.38. The number of hydrogen-bond donors (Lipinski definition) is 3. The number of nitrogens with zero attached hydrogens (tertiary/aromatic N) is 2. The third kappa shape index (κ3) is 8.18. The number of nitrogens with one attached hydrogen (secondary N) is 2. The molecule has 31 heavy (non-hydrogen) atoms. The second kappa shape index (κ2) is 10.6. The third-order valence-corrected chi connectivity index (χ3v) is 4.88. The lowest BCUT2D eigenvalue weighted by atomic mass is 10.0. The molecule has 1 aromatic rings.